The van der Waals surface area contributed by atoms with Crippen LogP contribution in [0.4, 0.5) is 0 Å². The van der Waals surface area contributed by atoms with Crippen molar-refractivity contribution in [3.63, 3.8) is 0 Å². The van der Waals surface area contributed by atoms with Gasteiger partial charge in [-0.25, -0.2) is 0 Å². The summed E-state index contributed by atoms with van der Waals surface area (Å²) in [5.41, 5.74) is 0.705. The molecule has 152 valence electrons. The summed E-state index contributed by atoms with van der Waals surface area (Å²) in [6.45, 7) is 2.15. The second kappa shape index (κ2) is 11.3. The molecule has 0 aliphatic carbocycles. The van der Waals surface area contributed by atoms with Crippen LogP contribution in [0.3, 0.4) is 0 Å². The molecule has 0 aromatic heterocycles. The van der Waals surface area contributed by atoms with Crippen molar-refractivity contribution in [2.45, 2.75) is 32.4 Å². The largest absolute Gasteiger partial charge is 0.508 e. The van der Waals surface area contributed by atoms with E-state index in [1.807, 2.05) is 0 Å². The van der Waals surface area contributed by atoms with Gasteiger partial charge in [-0.05, 0) is 24.6 Å². The van der Waals surface area contributed by atoms with E-state index in [1.54, 1.807) is 12.1 Å². The summed E-state index contributed by atoms with van der Waals surface area (Å²) in [5, 5.41) is 18.9. The number of amides is 4. The summed E-state index contributed by atoms with van der Waals surface area (Å²) in [6, 6.07) is 4.36. The van der Waals surface area contributed by atoms with Gasteiger partial charge in [-0.15, -0.1) is 0 Å². The van der Waals surface area contributed by atoms with Gasteiger partial charge in [-0.2, -0.15) is 0 Å². The van der Waals surface area contributed by atoms with Gasteiger partial charge < -0.3 is 31.2 Å². The maximum absolute atomic E-state index is 12.3. The van der Waals surface area contributed by atoms with Gasteiger partial charge in [0, 0.05) is 13.3 Å². The Morgan fingerprint density at radius 2 is 1.68 bits per heavy atom. The highest BCUT2D eigenvalue weighted by atomic mass is 16.3. The lowest BCUT2D eigenvalue weighted by molar-refractivity contribution is -0.131. The zero-order chi connectivity index (χ0) is 21.1. The number of hydrogen-bond acceptors (Lipinski definition) is 6. The number of carbonyl (C=O) groups is 5. The van der Waals surface area contributed by atoms with Crippen molar-refractivity contribution in [1.82, 2.24) is 21.3 Å². The molecule has 0 aliphatic heterocycles. The SMILES string of the molecule is CC(=O)N[C@@H](Cc1ccc(O)cc1)C(=O)NCC(=O)N[C@@H](C)C(=O)NCC=O. The van der Waals surface area contributed by atoms with Crippen molar-refractivity contribution in [3.8, 4) is 5.75 Å². The van der Waals surface area contributed by atoms with Gasteiger partial charge in [0.05, 0.1) is 13.1 Å². The number of aromatic hydroxyl groups is 1. The minimum absolute atomic E-state index is 0.0762. The zero-order valence-corrected chi connectivity index (χ0v) is 15.7. The molecule has 2 atom stereocenters. The predicted octanol–water partition coefficient (Wildman–Crippen LogP) is -1.62. The lowest BCUT2D eigenvalue weighted by atomic mass is 10.0. The molecule has 10 heteroatoms. The highest BCUT2D eigenvalue weighted by Gasteiger charge is 2.21. The lowest BCUT2D eigenvalue weighted by Gasteiger charge is -2.18. The van der Waals surface area contributed by atoms with Gasteiger partial charge in [0.1, 0.15) is 24.1 Å². The molecule has 5 N–H and O–H groups in total. The van der Waals surface area contributed by atoms with Crippen LogP contribution in [0.25, 0.3) is 0 Å². The summed E-state index contributed by atoms with van der Waals surface area (Å²) in [7, 11) is 0. The first-order valence-corrected chi connectivity index (χ1v) is 8.56. The van der Waals surface area contributed by atoms with E-state index in [-0.39, 0.29) is 18.7 Å². The number of aldehydes is 1. The van der Waals surface area contributed by atoms with Crippen molar-refractivity contribution in [1.29, 1.82) is 0 Å². The normalized spacial score (nSPS) is 12.2. The molecule has 0 bridgehead atoms. The van der Waals surface area contributed by atoms with E-state index in [9.17, 15) is 29.1 Å². The van der Waals surface area contributed by atoms with Crippen LogP contribution in [-0.2, 0) is 30.4 Å². The molecule has 0 saturated heterocycles. The third-order valence-electron chi connectivity index (χ3n) is 3.62. The van der Waals surface area contributed by atoms with Crippen LogP contribution in [0.2, 0.25) is 0 Å². The minimum atomic E-state index is -0.914. The molecule has 1 rings (SSSR count). The smallest absolute Gasteiger partial charge is 0.243 e. The molecule has 10 nitrogen and oxygen atoms in total. The number of phenols is 1. The Balaban J connectivity index is 2.58. The Labute approximate surface area is 162 Å². The van der Waals surface area contributed by atoms with Crippen molar-refractivity contribution < 1.29 is 29.1 Å². The van der Waals surface area contributed by atoms with E-state index in [0.717, 1.165) is 0 Å². The van der Waals surface area contributed by atoms with Crippen molar-refractivity contribution >= 4 is 29.9 Å². The second-order valence-electron chi connectivity index (χ2n) is 6.04. The highest BCUT2D eigenvalue weighted by Crippen LogP contribution is 2.11. The molecule has 0 heterocycles. The van der Waals surface area contributed by atoms with Crippen molar-refractivity contribution in [2.24, 2.45) is 0 Å². The van der Waals surface area contributed by atoms with Crippen LogP contribution in [0.5, 0.6) is 5.75 Å². The molecule has 0 aliphatic rings. The molecule has 0 radical (unpaired) electrons. The summed E-state index contributed by atoms with van der Waals surface area (Å²) < 4.78 is 0. The van der Waals surface area contributed by atoms with Crippen molar-refractivity contribution in [2.75, 3.05) is 13.1 Å². The number of nitrogens with one attached hydrogen (secondary N) is 4. The first kappa shape index (κ1) is 22.6. The van der Waals surface area contributed by atoms with Crippen LogP contribution in [0.1, 0.15) is 19.4 Å². The average Bonchev–Trinajstić information content (AvgIpc) is 2.64. The first-order valence-electron chi connectivity index (χ1n) is 8.56. The van der Waals surface area contributed by atoms with Gasteiger partial charge in [0.15, 0.2) is 0 Å². The highest BCUT2D eigenvalue weighted by molar-refractivity contribution is 5.92. The van der Waals surface area contributed by atoms with Crippen LogP contribution in [0.15, 0.2) is 24.3 Å². The molecule has 0 saturated carbocycles. The number of phenolic OH excluding ortho intramolecular Hbond substituents is 1. The summed E-state index contributed by atoms with van der Waals surface area (Å²) >= 11 is 0. The Bertz CT molecular complexity index is 719. The quantitative estimate of drug-likeness (QED) is 0.302. The van der Waals surface area contributed by atoms with Gasteiger partial charge in [-0.3, -0.25) is 19.2 Å². The summed E-state index contributed by atoms with van der Waals surface area (Å²) in [4.78, 5) is 57.4. The molecule has 4 amide bonds. The Morgan fingerprint density at radius 3 is 2.25 bits per heavy atom. The molecule has 1 aromatic carbocycles. The van der Waals surface area contributed by atoms with Crippen LogP contribution in [0, 0.1) is 0 Å². The molecule has 0 spiro atoms. The molecule has 0 unspecified atom stereocenters. The molecule has 0 fully saturated rings. The molecular weight excluding hydrogens is 368 g/mol. The number of carbonyl (C=O) groups excluding carboxylic acids is 5. The Kier molecular flexibility index (Phi) is 9.14. The van der Waals surface area contributed by atoms with Crippen LogP contribution >= 0.6 is 0 Å². The van der Waals surface area contributed by atoms with E-state index in [0.29, 0.717) is 11.8 Å². The number of rotatable bonds is 10. The van der Waals surface area contributed by atoms with E-state index in [4.69, 9.17) is 0 Å². The minimum Gasteiger partial charge on any atom is -0.508 e. The third kappa shape index (κ3) is 8.30. The van der Waals surface area contributed by atoms with Gasteiger partial charge >= 0.3 is 0 Å². The number of hydrogen-bond donors (Lipinski definition) is 5. The van der Waals surface area contributed by atoms with E-state index >= 15 is 0 Å². The second-order valence-corrected chi connectivity index (χ2v) is 6.04. The lowest BCUT2D eigenvalue weighted by Crippen LogP contribution is -2.51. The topological polar surface area (TPSA) is 154 Å². The van der Waals surface area contributed by atoms with Crippen LogP contribution in [-0.4, -0.2) is 60.2 Å². The average molecular weight is 392 g/mol. The van der Waals surface area contributed by atoms with Gasteiger partial charge in [-0.1, -0.05) is 12.1 Å². The predicted molar refractivity (Wildman–Crippen MR) is 99.1 cm³/mol. The summed E-state index contributed by atoms with van der Waals surface area (Å²) in [5.74, 6) is -2.05. The fraction of sp³-hybridized carbons (Fsp3) is 0.389. The zero-order valence-electron chi connectivity index (χ0n) is 15.7. The van der Waals surface area contributed by atoms with Crippen LogP contribution < -0.4 is 21.3 Å². The van der Waals surface area contributed by atoms with E-state index in [1.165, 1.54) is 26.0 Å². The molecular formula is C18H24N4O6. The Hall–Kier alpha value is -3.43. The maximum Gasteiger partial charge on any atom is 0.243 e. The van der Waals surface area contributed by atoms with Gasteiger partial charge in [0.2, 0.25) is 23.6 Å². The Morgan fingerprint density at radius 1 is 1.04 bits per heavy atom. The van der Waals surface area contributed by atoms with Gasteiger partial charge in [0.25, 0.3) is 0 Å². The maximum atomic E-state index is 12.3. The fourth-order valence-electron chi connectivity index (χ4n) is 2.27. The monoisotopic (exact) mass is 392 g/mol. The third-order valence-corrected chi connectivity index (χ3v) is 3.62. The van der Waals surface area contributed by atoms with Crippen molar-refractivity contribution in [3.05, 3.63) is 29.8 Å². The summed E-state index contributed by atoms with van der Waals surface area (Å²) in [6.07, 6.45) is 0.681. The fourth-order valence-corrected chi connectivity index (χ4v) is 2.27. The molecule has 1 aromatic rings. The standard InChI is InChI=1S/C18H24N4O6/c1-11(17(27)19-7-8-23)21-16(26)10-20-18(28)15(22-12(2)24)9-13-3-5-14(25)6-4-13/h3-6,8,11,15,25H,7,9-10H2,1-2H3,(H,19,27)(H,20,28)(H,21,26)(H,22,24)/t11-,15-/m0/s1. The van der Waals surface area contributed by atoms with E-state index < -0.39 is 42.3 Å². The van der Waals surface area contributed by atoms with E-state index in [2.05, 4.69) is 21.3 Å². The first-order chi connectivity index (χ1) is 13.2. The molecule has 28 heavy (non-hydrogen) atoms. The number of benzene rings is 1.